The van der Waals surface area contributed by atoms with Crippen LogP contribution in [0, 0.1) is 0 Å². The largest absolute Gasteiger partial charge is 0.361 e. The second kappa shape index (κ2) is 6.16. The van der Waals surface area contributed by atoms with E-state index in [0.717, 1.165) is 19.5 Å². The Morgan fingerprint density at radius 1 is 1.39 bits per heavy atom. The Kier molecular flexibility index (Phi) is 4.55. The quantitative estimate of drug-likeness (QED) is 0.787. The molecule has 0 fully saturated rings. The minimum absolute atomic E-state index is 0.264. The molecule has 18 heavy (non-hydrogen) atoms. The summed E-state index contributed by atoms with van der Waals surface area (Å²) >= 11 is 0. The van der Waals surface area contributed by atoms with Crippen LogP contribution < -0.4 is 5.32 Å². The molecule has 2 N–H and O–H groups in total. The highest BCUT2D eigenvalue weighted by Gasteiger charge is 2.05. The Labute approximate surface area is 110 Å². The van der Waals surface area contributed by atoms with Gasteiger partial charge < -0.3 is 10.3 Å². The number of nitrogens with one attached hydrogen (secondary N) is 2. The minimum Gasteiger partial charge on any atom is -0.361 e. The maximum absolute atomic E-state index is 11.2. The number of hydrogen-bond acceptors (Lipinski definition) is 2. The lowest BCUT2D eigenvalue weighted by atomic mass is 10.1. The normalized spacial score (nSPS) is 14.8. The summed E-state index contributed by atoms with van der Waals surface area (Å²) in [7, 11) is -0.719. The molecule has 0 spiro atoms. The first-order chi connectivity index (χ1) is 8.68. The highest BCUT2D eigenvalue weighted by Crippen LogP contribution is 2.16. The van der Waals surface area contributed by atoms with Crippen molar-refractivity contribution >= 4 is 21.7 Å². The topological polar surface area (TPSA) is 44.9 Å². The Hall–Kier alpha value is -1.13. The Morgan fingerprint density at radius 3 is 3.00 bits per heavy atom. The van der Waals surface area contributed by atoms with Crippen LogP contribution in [0.3, 0.4) is 0 Å². The molecule has 0 amide bonds. The van der Waals surface area contributed by atoms with Crippen LogP contribution in [0.2, 0.25) is 0 Å². The molecule has 0 radical (unpaired) electrons. The summed E-state index contributed by atoms with van der Waals surface area (Å²) < 4.78 is 11.2. The van der Waals surface area contributed by atoms with E-state index in [1.54, 1.807) is 6.26 Å². The van der Waals surface area contributed by atoms with Crippen molar-refractivity contribution in [3.05, 3.63) is 36.0 Å². The van der Waals surface area contributed by atoms with Gasteiger partial charge >= 0.3 is 0 Å². The average molecular weight is 264 g/mol. The Morgan fingerprint density at radius 2 is 2.22 bits per heavy atom. The first-order valence-corrected chi connectivity index (χ1v) is 7.88. The van der Waals surface area contributed by atoms with Crippen molar-refractivity contribution in [1.82, 2.24) is 10.3 Å². The molecule has 0 aliphatic carbocycles. The number of hydrogen-bond donors (Lipinski definition) is 2. The van der Waals surface area contributed by atoms with E-state index in [4.69, 9.17) is 0 Å². The lowest BCUT2D eigenvalue weighted by Gasteiger charge is -2.09. The van der Waals surface area contributed by atoms with Crippen molar-refractivity contribution in [2.75, 3.05) is 12.8 Å². The van der Waals surface area contributed by atoms with Crippen LogP contribution in [0.25, 0.3) is 10.9 Å². The molecule has 3 nitrogen and oxygen atoms in total. The van der Waals surface area contributed by atoms with E-state index in [2.05, 4.69) is 34.6 Å². The molecule has 1 aromatic carbocycles. The molecule has 0 aliphatic rings. The first-order valence-electron chi connectivity index (χ1n) is 6.26. The number of benzene rings is 1. The zero-order valence-corrected chi connectivity index (χ0v) is 11.7. The van der Waals surface area contributed by atoms with Crippen molar-refractivity contribution in [3.63, 3.8) is 0 Å². The fourth-order valence-corrected chi connectivity index (χ4v) is 2.45. The molecule has 2 atom stereocenters. The van der Waals surface area contributed by atoms with Crippen molar-refractivity contribution in [2.45, 2.75) is 25.1 Å². The van der Waals surface area contributed by atoms with Gasteiger partial charge in [0, 0.05) is 45.9 Å². The smallest absolute Gasteiger partial charge is 0.0457 e. The monoisotopic (exact) mass is 264 g/mol. The van der Waals surface area contributed by atoms with Crippen LogP contribution in [-0.4, -0.2) is 27.2 Å². The second-order valence-electron chi connectivity index (χ2n) is 4.63. The molecule has 2 aromatic rings. The van der Waals surface area contributed by atoms with Gasteiger partial charge in [-0.2, -0.15) is 0 Å². The van der Waals surface area contributed by atoms with Crippen molar-refractivity contribution in [2.24, 2.45) is 0 Å². The van der Waals surface area contributed by atoms with E-state index in [1.807, 2.05) is 13.1 Å². The molecule has 4 heteroatoms. The van der Waals surface area contributed by atoms with Gasteiger partial charge in [-0.05, 0) is 30.7 Å². The summed E-state index contributed by atoms with van der Waals surface area (Å²) in [6.07, 6.45) is 4.69. The predicted molar refractivity (Wildman–Crippen MR) is 78.2 cm³/mol. The molecule has 98 valence electrons. The molecular weight excluding hydrogens is 244 g/mol. The van der Waals surface area contributed by atoms with E-state index in [0.29, 0.717) is 0 Å². The van der Waals surface area contributed by atoms with Crippen LogP contribution in [0.5, 0.6) is 0 Å². The third-order valence-corrected chi connectivity index (χ3v) is 4.66. The van der Waals surface area contributed by atoms with Crippen LogP contribution in [0.15, 0.2) is 30.5 Å². The zero-order chi connectivity index (χ0) is 13.0. The van der Waals surface area contributed by atoms with Crippen LogP contribution in [-0.2, 0) is 17.3 Å². The summed E-state index contributed by atoms with van der Waals surface area (Å²) in [5.74, 6) is 0. The van der Waals surface area contributed by atoms with Crippen LogP contribution in [0.1, 0.15) is 18.9 Å². The first kappa shape index (κ1) is 13.3. The summed E-state index contributed by atoms with van der Waals surface area (Å²) in [6.45, 7) is 3.80. The highest BCUT2D eigenvalue weighted by atomic mass is 32.2. The summed E-state index contributed by atoms with van der Waals surface area (Å²) in [4.78, 5) is 3.22. The fourth-order valence-electron chi connectivity index (χ4n) is 2.00. The molecule has 0 saturated heterocycles. The molecule has 0 bridgehead atoms. The molecule has 0 saturated carbocycles. The molecule has 1 heterocycles. The van der Waals surface area contributed by atoms with E-state index in [9.17, 15) is 4.21 Å². The maximum Gasteiger partial charge on any atom is 0.0457 e. The minimum atomic E-state index is -0.719. The SMILES string of the molecule is CC(CCNCc1cccc2[nH]ccc12)S(C)=O. The lowest BCUT2D eigenvalue weighted by molar-refractivity contribution is 0.630. The summed E-state index contributed by atoms with van der Waals surface area (Å²) in [5.41, 5.74) is 2.48. The van der Waals surface area contributed by atoms with Crippen molar-refractivity contribution in [3.8, 4) is 0 Å². The number of fused-ring (bicyclic) bond motifs is 1. The van der Waals surface area contributed by atoms with Gasteiger partial charge in [-0.1, -0.05) is 19.1 Å². The molecule has 2 rings (SSSR count). The fraction of sp³-hybridized carbons (Fsp3) is 0.429. The molecule has 0 aliphatic heterocycles. The Bertz CT molecular complexity index is 535. The summed E-state index contributed by atoms with van der Waals surface area (Å²) in [6, 6.07) is 8.40. The lowest BCUT2D eigenvalue weighted by Crippen LogP contribution is -2.21. The van der Waals surface area contributed by atoms with Crippen molar-refractivity contribution < 1.29 is 4.21 Å². The number of H-pyrrole nitrogens is 1. The van der Waals surface area contributed by atoms with E-state index < -0.39 is 10.8 Å². The van der Waals surface area contributed by atoms with Crippen molar-refractivity contribution in [1.29, 1.82) is 0 Å². The van der Waals surface area contributed by atoms with Crippen LogP contribution >= 0.6 is 0 Å². The van der Waals surface area contributed by atoms with Gasteiger partial charge in [-0.3, -0.25) is 4.21 Å². The van der Waals surface area contributed by atoms with Crippen LogP contribution in [0.4, 0.5) is 0 Å². The number of aromatic nitrogens is 1. The maximum atomic E-state index is 11.2. The third-order valence-electron chi connectivity index (χ3n) is 3.29. The number of rotatable bonds is 6. The van der Waals surface area contributed by atoms with E-state index in [1.165, 1.54) is 16.5 Å². The third kappa shape index (κ3) is 3.21. The zero-order valence-electron chi connectivity index (χ0n) is 10.9. The summed E-state index contributed by atoms with van der Waals surface area (Å²) in [5, 5.41) is 4.96. The Balaban J connectivity index is 1.87. The molecular formula is C14H20N2OS. The van der Waals surface area contributed by atoms with Gasteiger partial charge in [0.15, 0.2) is 0 Å². The van der Waals surface area contributed by atoms with E-state index in [-0.39, 0.29) is 5.25 Å². The standard InChI is InChI=1S/C14H20N2OS/c1-11(18(2)17)6-8-15-10-12-4-3-5-14-13(12)7-9-16-14/h3-5,7,9,11,15-16H,6,8,10H2,1-2H3. The molecule has 1 aromatic heterocycles. The van der Waals surface area contributed by atoms with Gasteiger partial charge in [-0.25, -0.2) is 0 Å². The average Bonchev–Trinajstić information content (AvgIpc) is 2.83. The predicted octanol–water partition coefficient (Wildman–Crippen LogP) is 2.41. The van der Waals surface area contributed by atoms with Gasteiger partial charge in [-0.15, -0.1) is 0 Å². The van der Waals surface area contributed by atoms with Gasteiger partial charge in [0.2, 0.25) is 0 Å². The van der Waals surface area contributed by atoms with Gasteiger partial charge in [0.1, 0.15) is 0 Å². The second-order valence-corrected chi connectivity index (χ2v) is 6.43. The van der Waals surface area contributed by atoms with E-state index >= 15 is 0 Å². The molecule has 2 unspecified atom stereocenters. The highest BCUT2D eigenvalue weighted by molar-refractivity contribution is 7.84. The van der Waals surface area contributed by atoms with Gasteiger partial charge in [0.05, 0.1) is 0 Å². The number of aromatic amines is 1. The van der Waals surface area contributed by atoms with Gasteiger partial charge in [0.25, 0.3) is 0 Å².